The highest BCUT2D eigenvalue weighted by atomic mass is 35.5. The highest BCUT2D eigenvalue weighted by Gasteiger charge is 2.48. The van der Waals surface area contributed by atoms with Crippen molar-refractivity contribution in [1.29, 1.82) is 0 Å². The lowest BCUT2D eigenvalue weighted by Crippen LogP contribution is -2.51. The number of amides is 1. The Morgan fingerprint density at radius 2 is 2.21 bits per heavy atom. The van der Waals surface area contributed by atoms with Gasteiger partial charge >= 0.3 is 0 Å². The first kappa shape index (κ1) is 13.6. The van der Waals surface area contributed by atoms with Crippen molar-refractivity contribution in [3.05, 3.63) is 29.0 Å². The first-order valence-corrected chi connectivity index (χ1v) is 6.12. The van der Waals surface area contributed by atoms with Gasteiger partial charge in [0, 0.05) is 5.69 Å². The second-order valence-electron chi connectivity index (χ2n) is 4.50. The molecule has 0 spiro atoms. The molecular formula is C12H13ClFN3O2. The molecule has 4 N–H and O–H groups in total. The summed E-state index contributed by atoms with van der Waals surface area (Å²) in [7, 11) is 0. The lowest BCUT2D eigenvalue weighted by Gasteiger charge is -2.38. The molecule has 0 radical (unpaired) electrons. The van der Waals surface area contributed by atoms with Gasteiger partial charge in [-0.25, -0.2) is 4.39 Å². The van der Waals surface area contributed by atoms with Gasteiger partial charge in [-0.1, -0.05) is 23.2 Å². The molecule has 0 saturated heterocycles. The number of nitrogens with two attached hydrogens (primary N) is 1. The molecule has 0 heterocycles. The third kappa shape index (κ3) is 2.35. The number of nitrogens with zero attached hydrogens (tertiary/aromatic N) is 1. The van der Waals surface area contributed by atoms with E-state index in [1.54, 1.807) is 0 Å². The molecule has 1 amide bonds. The number of hydrogen-bond acceptors (Lipinski definition) is 3. The van der Waals surface area contributed by atoms with Crippen molar-refractivity contribution in [2.45, 2.75) is 19.3 Å². The lowest BCUT2D eigenvalue weighted by atomic mass is 9.67. The van der Waals surface area contributed by atoms with Crippen molar-refractivity contribution in [1.82, 2.24) is 0 Å². The van der Waals surface area contributed by atoms with Crippen LogP contribution in [0.5, 0.6) is 0 Å². The molecule has 0 aromatic heterocycles. The van der Waals surface area contributed by atoms with E-state index in [0.717, 1.165) is 12.5 Å². The van der Waals surface area contributed by atoms with Crippen LogP contribution in [-0.4, -0.2) is 17.0 Å². The Morgan fingerprint density at radius 3 is 2.68 bits per heavy atom. The molecule has 1 aliphatic rings. The van der Waals surface area contributed by atoms with Gasteiger partial charge in [-0.15, -0.1) is 0 Å². The molecule has 1 saturated carbocycles. The quantitative estimate of drug-likeness (QED) is 0.345. The molecular weight excluding hydrogens is 273 g/mol. The first-order chi connectivity index (χ1) is 8.99. The summed E-state index contributed by atoms with van der Waals surface area (Å²) in [6.45, 7) is 0. The van der Waals surface area contributed by atoms with E-state index in [-0.39, 0.29) is 16.5 Å². The Labute approximate surface area is 114 Å². The number of hydrogen-bond donors (Lipinski definition) is 3. The van der Waals surface area contributed by atoms with Gasteiger partial charge in [-0.3, -0.25) is 4.79 Å². The van der Waals surface area contributed by atoms with Crippen LogP contribution in [0.1, 0.15) is 19.3 Å². The molecule has 0 aliphatic heterocycles. The van der Waals surface area contributed by atoms with Crippen molar-refractivity contribution < 1.29 is 14.4 Å². The summed E-state index contributed by atoms with van der Waals surface area (Å²) >= 11 is 5.56. The number of oxime groups is 1. The van der Waals surface area contributed by atoms with E-state index >= 15 is 0 Å². The van der Waals surface area contributed by atoms with Crippen LogP contribution in [0.2, 0.25) is 5.02 Å². The van der Waals surface area contributed by atoms with Crippen LogP contribution < -0.4 is 11.1 Å². The minimum absolute atomic E-state index is 0.0206. The molecule has 2 rings (SSSR count). The summed E-state index contributed by atoms with van der Waals surface area (Å²) in [5.41, 5.74) is 4.85. The van der Waals surface area contributed by atoms with Crippen LogP contribution in [0.25, 0.3) is 0 Å². The largest absolute Gasteiger partial charge is 0.409 e. The Kier molecular flexibility index (Phi) is 3.61. The zero-order valence-electron chi connectivity index (χ0n) is 9.99. The van der Waals surface area contributed by atoms with Gasteiger partial charge < -0.3 is 16.3 Å². The number of nitrogens with one attached hydrogen (secondary N) is 1. The van der Waals surface area contributed by atoms with E-state index in [9.17, 15) is 9.18 Å². The third-order valence-electron chi connectivity index (χ3n) is 3.42. The molecule has 1 aliphatic carbocycles. The summed E-state index contributed by atoms with van der Waals surface area (Å²) in [5, 5.41) is 14.2. The Bertz CT molecular complexity index is 544. The molecule has 19 heavy (non-hydrogen) atoms. The van der Waals surface area contributed by atoms with E-state index in [1.807, 2.05) is 0 Å². The fourth-order valence-electron chi connectivity index (χ4n) is 2.05. The average molecular weight is 286 g/mol. The average Bonchev–Trinajstić information content (AvgIpc) is 2.32. The fraction of sp³-hybridized carbons (Fsp3) is 0.333. The van der Waals surface area contributed by atoms with Gasteiger partial charge in [-0.05, 0) is 31.0 Å². The van der Waals surface area contributed by atoms with Gasteiger partial charge in [-0.2, -0.15) is 0 Å². The van der Waals surface area contributed by atoms with Crippen molar-refractivity contribution in [3.63, 3.8) is 0 Å². The molecule has 102 valence electrons. The van der Waals surface area contributed by atoms with Gasteiger partial charge in [0.1, 0.15) is 11.2 Å². The molecule has 5 nitrogen and oxygen atoms in total. The zero-order valence-corrected chi connectivity index (χ0v) is 10.7. The second-order valence-corrected chi connectivity index (χ2v) is 4.91. The van der Waals surface area contributed by atoms with Crippen LogP contribution >= 0.6 is 11.6 Å². The molecule has 0 atom stereocenters. The fourth-order valence-corrected chi connectivity index (χ4v) is 2.17. The van der Waals surface area contributed by atoms with Gasteiger partial charge in [0.05, 0.1) is 5.02 Å². The molecule has 1 aromatic rings. The summed E-state index contributed by atoms with van der Waals surface area (Å²) < 4.78 is 13.3. The first-order valence-electron chi connectivity index (χ1n) is 5.74. The smallest absolute Gasteiger partial charge is 0.238 e. The number of benzene rings is 1. The monoisotopic (exact) mass is 285 g/mol. The van der Waals surface area contributed by atoms with Crippen molar-refractivity contribution in [3.8, 4) is 0 Å². The maximum Gasteiger partial charge on any atom is 0.238 e. The van der Waals surface area contributed by atoms with Gasteiger partial charge in [0.2, 0.25) is 5.91 Å². The van der Waals surface area contributed by atoms with Crippen LogP contribution in [0.4, 0.5) is 10.1 Å². The minimum Gasteiger partial charge on any atom is -0.409 e. The molecule has 0 unspecified atom stereocenters. The number of carbonyl (C=O) groups is 1. The predicted octanol–water partition coefficient (Wildman–Crippen LogP) is 2.33. The third-order valence-corrected chi connectivity index (χ3v) is 3.72. The SMILES string of the molecule is N/C(=N/O)C1(C(=O)Nc2ccc(Cl)c(F)c2)CCC1. The number of anilines is 1. The summed E-state index contributed by atoms with van der Waals surface area (Å²) in [5.74, 6) is -1.15. The highest BCUT2D eigenvalue weighted by molar-refractivity contribution is 6.30. The van der Waals surface area contributed by atoms with Crippen LogP contribution in [0, 0.1) is 11.2 Å². The van der Waals surface area contributed by atoms with E-state index < -0.39 is 17.1 Å². The van der Waals surface area contributed by atoms with E-state index in [4.69, 9.17) is 22.5 Å². The Hall–Kier alpha value is -1.82. The molecule has 7 heteroatoms. The number of amidine groups is 1. The minimum atomic E-state index is -0.995. The van der Waals surface area contributed by atoms with E-state index in [1.165, 1.54) is 12.1 Å². The van der Waals surface area contributed by atoms with Crippen LogP contribution in [0.3, 0.4) is 0 Å². The lowest BCUT2D eigenvalue weighted by molar-refractivity contribution is -0.125. The summed E-state index contributed by atoms with van der Waals surface area (Å²) in [6, 6.07) is 3.96. The zero-order chi connectivity index (χ0) is 14.0. The van der Waals surface area contributed by atoms with Crippen LogP contribution in [-0.2, 0) is 4.79 Å². The normalized spacial score (nSPS) is 17.7. The maximum atomic E-state index is 13.3. The topological polar surface area (TPSA) is 87.7 Å². The number of rotatable bonds is 3. The number of carbonyl (C=O) groups excluding carboxylic acids is 1. The standard InChI is InChI=1S/C12H13ClFN3O2/c13-8-3-2-7(6-9(8)14)16-11(18)12(4-1-5-12)10(15)17-19/h2-3,6,19H,1,4-5H2,(H2,15,17)(H,16,18). The van der Waals surface area contributed by atoms with Gasteiger partial charge in [0.15, 0.2) is 5.84 Å². The summed E-state index contributed by atoms with van der Waals surface area (Å²) in [4.78, 5) is 12.2. The highest BCUT2D eigenvalue weighted by Crippen LogP contribution is 2.42. The maximum absolute atomic E-state index is 13.3. The second kappa shape index (κ2) is 5.05. The van der Waals surface area contributed by atoms with E-state index in [0.29, 0.717) is 12.8 Å². The summed E-state index contributed by atoms with van der Waals surface area (Å²) in [6.07, 6.45) is 1.83. The van der Waals surface area contributed by atoms with Crippen molar-refractivity contribution in [2.75, 3.05) is 5.32 Å². The molecule has 1 fully saturated rings. The van der Waals surface area contributed by atoms with Crippen LogP contribution in [0.15, 0.2) is 23.4 Å². The van der Waals surface area contributed by atoms with Gasteiger partial charge in [0.25, 0.3) is 0 Å². The van der Waals surface area contributed by atoms with E-state index in [2.05, 4.69) is 10.5 Å². The number of halogens is 2. The Balaban J connectivity index is 2.18. The van der Waals surface area contributed by atoms with Crippen molar-refractivity contribution >= 4 is 29.0 Å². The predicted molar refractivity (Wildman–Crippen MR) is 69.7 cm³/mol. The Morgan fingerprint density at radius 1 is 1.53 bits per heavy atom. The van der Waals surface area contributed by atoms with Crippen molar-refractivity contribution in [2.24, 2.45) is 16.3 Å². The molecule has 1 aromatic carbocycles. The molecule has 0 bridgehead atoms.